The van der Waals surface area contributed by atoms with Gasteiger partial charge in [-0.05, 0) is 61.9 Å². The molecule has 2 aromatic carbocycles. The van der Waals surface area contributed by atoms with Crippen LogP contribution in [0.2, 0.25) is 0 Å². The summed E-state index contributed by atoms with van der Waals surface area (Å²) in [5, 5.41) is 3.02. The Kier molecular flexibility index (Phi) is 6.07. The normalized spacial score (nSPS) is 18.5. The fraction of sp³-hybridized carbons (Fsp3) is 0.440. The van der Waals surface area contributed by atoms with E-state index < -0.39 is 0 Å². The van der Waals surface area contributed by atoms with Gasteiger partial charge in [-0.15, -0.1) is 0 Å². The van der Waals surface area contributed by atoms with Crippen LogP contribution in [0.4, 0.5) is 5.69 Å². The van der Waals surface area contributed by atoms with Crippen LogP contribution in [-0.4, -0.2) is 36.0 Å². The maximum absolute atomic E-state index is 13.1. The Balaban J connectivity index is 1.54. The number of nitrogens with zero attached hydrogens (tertiary/aromatic N) is 2. The lowest BCUT2D eigenvalue weighted by Crippen LogP contribution is -2.55. The fourth-order valence-electron chi connectivity index (χ4n) is 4.62. The third-order valence-electron chi connectivity index (χ3n) is 6.37. The van der Waals surface area contributed by atoms with Gasteiger partial charge in [0.15, 0.2) is 0 Å². The Morgan fingerprint density at radius 1 is 1.03 bits per heavy atom. The molecule has 158 valence electrons. The third-order valence-corrected chi connectivity index (χ3v) is 6.37. The van der Waals surface area contributed by atoms with Crippen molar-refractivity contribution in [1.82, 2.24) is 10.2 Å². The van der Waals surface area contributed by atoms with E-state index in [0.717, 1.165) is 50.0 Å². The molecule has 0 saturated carbocycles. The first-order valence-electron chi connectivity index (χ1n) is 11.2. The lowest BCUT2D eigenvalue weighted by atomic mass is 10.0. The average Bonchev–Trinajstić information content (AvgIpc) is 3.04. The zero-order chi connectivity index (χ0) is 21.1. The molecule has 0 spiro atoms. The van der Waals surface area contributed by atoms with Gasteiger partial charge in [0.05, 0.1) is 11.3 Å². The topological polar surface area (TPSA) is 52.7 Å². The van der Waals surface area contributed by atoms with Gasteiger partial charge >= 0.3 is 0 Å². The molecular weight excluding hydrogens is 374 g/mol. The molecule has 2 aromatic rings. The van der Waals surface area contributed by atoms with Crippen LogP contribution < -0.4 is 10.2 Å². The Bertz CT molecular complexity index is 922. The first-order chi connectivity index (χ1) is 14.6. The minimum Gasteiger partial charge on any atom is -0.351 e. The summed E-state index contributed by atoms with van der Waals surface area (Å²) in [7, 11) is 0. The minimum absolute atomic E-state index is 0.101. The summed E-state index contributed by atoms with van der Waals surface area (Å²) in [6, 6.07) is 13.8. The molecule has 1 fully saturated rings. The molecule has 0 aliphatic carbocycles. The van der Waals surface area contributed by atoms with Gasteiger partial charge in [-0.25, -0.2) is 0 Å². The van der Waals surface area contributed by atoms with Gasteiger partial charge in [0.25, 0.3) is 11.8 Å². The van der Waals surface area contributed by atoms with E-state index in [9.17, 15) is 9.59 Å². The maximum atomic E-state index is 13.1. The van der Waals surface area contributed by atoms with Gasteiger partial charge in [-0.1, -0.05) is 37.6 Å². The zero-order valence-corrected chi connectivity index (χ0v) is 18.0. The van der Waals surface area contributed by atoms with Crippen molar-refractivity contribution in [3.63, 3.8) is 0 Å². The van der Waals surface area contributed by atoms with E-state index >= 15 is 0 Å². The first-order valence-corrected chi connectivity index (χ1v) is 11.2. The van der Waals surface area contributed by atoms with E-state index in [2.05, 4.69) is 48.3 Å². The van der Waals surface area contributed by atoms with Crippen LogP contribution in [0, 0.1) is 0 Å². The molecule has 5 heteroatoms. The van der Waals surface area contributed by atoms with Crippen molar-refractivity contribution in [3.8, 4) is 0 Å². The summed E-state index contributed by atoms with van der Waals surface area (Å²) in [5.41, 5.74) is 4.58. The van der Waals surface area contributed by atoms with Gasteiger partial charge in [0.2, 0.25) is 0 Å². The number of anilines is 1. The highest BCUT2D eigenvalue weighted by Crippen LogP contribution is 2.35. The second-order valence-corrected chi connectivity index (χ2v) is 8.20. The van der Waals surface area contributed by atoms with Crippen LogP contribution in [0.3, 0.4) is 0 Å². The highest BCUT2D eigenvalue weighted by atomic mass is 16.2. The number of carbonyl (C=O) groups is 2. The van der Waals surface area contributed by atoms with Gasteiger partial charge in [-0.2, -0.15) is 0 Å². The maximum Gasteiger partial charge on any atom is 0.257 e. The Hall–Kier alpha value is -2.82. The van der Waals surface area contributed by atoms with E-state index in [4.69, 9.17) is 0 Å². The van der Waals surface area contributed by atoms with Crippen LogP contribution in [-0.2, 0) is 13.0 Å². The minimum atomic E-state index is -0.107. The largest absolute Gasteiger partial charge is 0.351 e. The molecule has 5 nitrogen and oxygen atoms in total. The SMILES string of the molecule is CCc1ccc(CNC(=O)c2ccc3c(c2)N(CC)[C@@H]2CCCCCN2C3=O)cc1. The summed E-state index contributed by atoms with van der Waals surface area (Å²) >= 11 is 0. The number of carbonyl (C=O) groups excluding carboxylic acids is 2. The Labute approximate surface area is 179 Å². The zero-order valence-electron chi connectivity index (χ0n) is 18.0. The van der Waals surface area contributed by atoms with Gasteiger partial charge in [0, 0.05) is 25.2 Å². The quantitative estimate of drug-likeness (QED) is 0.804. The van der Waals surface area contributed by atoms with E-state index in [1.807, 2.05) is 17.0 Å². The highest BCUT2D eigenvalue weighted by molar-refractivity contribution is 6.04. The van der Waals surface area contributed by atoms with E-state index in [-0.39, 0.29) is 18.0 Å². The second-order valence-electron chi connectivity index (χ2n) is 8.20. The molecule has 2 heterocycles. The molecule has 0 radical (unpaired) electrons. The van der Waals surface area contributed by atoms with E-state index in [1.165, 1.54) is 12.0 Å². The lowest BCUT2D eigenvalue weighted by Gasteiger charge is -2.44. The molecule has 0 aromatic heterocycles. The Morgan fingerprint density at radius 3 is 2.53 bits per heavy atom. The van der Waals surface area contributed by atoms with Crippen LogP contribution in [0.15, 0.2) is 42.5 Å². The van der Waals surface area contributed by atoms with Crippen LogP contribution in [0.1, 0.15) is 71.4 Å². The summed E-state index contributed by atoms with van der Waals surface area (Å²) < 4.78 is 0. The number of nitrogens with one attached hydrogen (secondary N) is 1. The van der Waals surface area contributed by atoms with Crippen molar-refractivity contribution in [1.29, 1.82) is 0 Å². The van der Waals surface area contributed by atoms with Crippen LogP contribution in [0.5, 0.6) is 0 Å². The summed E-state index contributed by atoms with van der Waals surface area (Å²) in [6.45, 7) is 6.38. The summed E-state index contributed by atoms with van der Waals surface area (Å²) in [4.78, 5) is 30.2. The number of hydrogen-bond acceptors (Lipinski definition) is 3. The number of hydrogen-bond donors (Lipinski definition) is 1. The molecular formula is C25H31N3O2. The monoisotopic (exact) mass is 405 g/mol. The third kappa shape index (κ3) is 3.93. The molecule has 4 rings (SSSR count). The standard InChI is InChI=1S/C25H31N3O2/c1-3-18-9-11-19(12-10-18)17-26-24(29)20-13-14-21-22(16-20)27(4-2)23-8-6-5-7-15-28(23)25(21)30/h9-14,16,23H,3-8,15,17H2,1-2H3,(H,26,29)/t23-/m0/s1. The first kappa shape index (κ1) is 20.5. The summed E-state index contributed by atoms with van der Waals surface area (Å²) in [5.74, 6) is -0.00580. The van der Waals surface area contributed by atoms with Crippen molar-refractivity contribution in [2.45, 2.75) is 58.7 Å². The number of rotatable bonds is 5. The van der Waals surface area contributed by atoms with Crippen molar-refractivity contribution in [2.24, 2.45) is 0 Å². The molecule has 2 amide bonds. The summed E-state index contributed by atoms with van der Waals surface area (Å²) in [6.07, 6.45) is 5.47. The molecule has 1 saturated heterocycles. The number of aryl methyl sites for hydroxylation is 1. The molecule has 1 N–H and O–H groups in total. The Morgan fingerprint density at radius 2 is 1.80 bits per heavy atom. The number of benzene rings is 2. The van der Waals surface area contributed by atoms with Crippen molar-refractivity contribution in [2.75, 3.05) is 18.0 Å². The smallest absolute Gasteiger partial charge is 0.257 e. The molecule has 0 unspecified atom stereocenters. The number of fused-ring (bicyclic) bond motifs is 2. The molecule has 2 aliphatic rings. The molecule has 30 heavy (non-hydrogen) atoms. The molecule has 2 aliphatic heterocycles. The fourth-order valence-corrected chi connectivity index (χ4v) is 4.62. The average molecular weight is 406 g/mol. The highest BCUT2D eigenvalue weighted by Gasteiger charge is 2.37. The van der Waals surface area contributed by atoms with Crippen molar-refractivity contribution in [3.05, 3.63) is 64.7 Å². The van der Waals surface area contributed by atoms with Crippen molar-refractivity contribution >= 4 is 17.5 Å². The lowest BCUT2D eigenvalue weighted by molar-refractivity contribution is 0.0656. The second kappa shape index (κ2) is 8.90. The predicted molar refractivity (Wildman–Crippen MR) is 120 cm³/mol. The molecule has 0 bridgehead atoms. The van der Waals surface area contributed by atoms with Gasteiger partial charge < -0.3 is 15.1 Å². The van der Waals surface area contributed by atoms with Crippen molar-refractivity contribution < 1.29 is 9.59 Å². The predicted octanol–water partition coefficient (Wildman–Crippen LogP) is 4.36. The van der Waals surface area contributed by atoms with Crippen LogP contribution in [0.25, 0.3) is 0 Å². The number of amides is 2. The van der Waals surface area contributed by atoms with Crippen LogP contribution >= 0.6 is 0 Å². The van der Waals surface area contributed by atoms with E-state index in [1.54, 1.807) is 6.07 Å². The van der Waals surface area contributed by atoms with Gasteiger partial charge in [-0.3, -0.25) is 9.59 Å². The van der Waals surface area contributed by atoms with Gasteiger partial charge in [0.1, 0.15) is 6.17 Å². The molecule has 1 atom stereocenters. The van der Waals surface area contributed by atoms with E-state index in [0.29, 0.717) is 17.7 Å².